The number of hydrogen-bond donors (Lipinski definition) is 2. The number of rotatable bonds is 4. The molecular formula is C9H15N3OS. The molecule has 0 fully saturated rings. The van der Waals surface area contributed by atoms with Gasteiger partial charge in [-0.15, -0.1) is 11.3 Å². The molecule has 1 amide bonds. The minimum atomic E-state index is 0.0213. The lowest BCUT2D eigenvalue weighted by molar-refractivity contribution is -0.120. The van der Waals surface area contributed by atoms with Crippen molar-refractivity contribution in [2.75, 3.05) is 12.4 Å². The van der Waals surface area contributed by atoms with E-state index in [1.54, 1.807) is 0 Å². The average molecular weight is 213 g/mol. The molecule has 0 spiro atoms. The van der Waals surface area contributed by atoms with Crippen molar-refractivity contribution in [1.29, 1.82) is 0 Å². The minimum absolute atomic E-state index is 0.0213. The molecule has 0 saturated carbocycles. The Morgan fingerprint density at radius 3 is 2.86 bits per heavy atom. The van der Waals surface area contributed by atoms with Gasteiger partial charge in [-0.25, -0.2) is 4.98 Å². The number of anilines is 1. The van der Waals surface area contributed by atoms with Crippen LogP contribution in [0.5, 0.6) is 0 Å². The van der Waals surface area contributed by atoms with Crippen molar-refractivity contribution in [1.82, 2.24) is 10.3 Å². The molecule has 14 heavy (non-hydrogen) atoms. The third-order valence-corrected chi connectivity index (χ3v) is 2.47. The lowest BCUT2D eigenvalue weighted by Crippen LogP contribution is -2.31. The Labute approximate surface area is 87.7 Å². The van der Waals surface area contributed by atoms with Crippen LogP contribution in [0.3, 0.4) is 0 Å². The summed E-state index contributed by atoms with van der Waals surface area (Å²) in [5, 5.41) is 8.50. The third-order valence-electron chi connectivity index (χ3n) is 1.56. The Balaban J connectivity index is 2.47. The monoisotopic (exact) mass is 213 g/mol. The minimum Gasteiger partial charge on any atom is -0.365 e. The fourth-order valence-corrected chi connectivity index (χ4v) is 1.71. The van der Waals surface area contributed by atoms with Crippen LogP contribution in [-0.2, 0) is 11.2 Å². The van der Waals surface area contributed by atoms with Crippen LogP contribution in [0.1, 0.15) is 19.5 Å². The highest BCUT2D eigenvalue weighted by molar-refractivity contribution is 7.13. The Kier molecular flexibility index (Phi) is 3.88. The molecule has 1 aromatic heterocycles. The third kappa shape index (κ3) is 3.33. The molecule has 1 aromatic rings. The molecule has 1 rings (SSSR count). The molecule has 4 nitrogen and oxygen atoms in total. The number of thiazole rings is 1. The van der Waals surface area contributed by atoms with Crippen LogP contribution in [0.15, 0.2) is 5.38 Å². The largest absolute Gasteiger partial charge is 0.365 e. The van der Waals surface area contributed by atoms with Crippen LogP contribution < -0.4 is 10.6 Å². The Morgan fingerprint density at radius 2 is 2.36 bits per heavy atom. The molecular weight excluding hydrogens is 198 g/mol. The predicted molar refractivity (Wildman–Crippen MR) is 58.6 cm³/mol. The fourth-order valence-electron chi connectivity index (χ4n) is 1.04. The topological polar surface area (TPSA) is 54.0 Å². The summed E-state index contributed by atoms with van der Waals surface area (Å²) in [4.78, 5) is 15.6. The molecule has 2 N–H and O–H groups in total. The second-order valence-electron chi connectivity index (χ2n) is 3.29. The van der Waals surface area contributed by atoms with E-state index in [0.29, 0.717) is 6.42 Å². The molecule has 0 radical (unpaired) electrons. The van der Waals surface area contributed by atoms with Crippen LogP contribution >= 0.6 is 11.3 Å². The van der Waals surface area contributed by atoms with Gasteiger partial charge in [-0.2, -0.15) is 0 Å². The summed E-state index contributed by atoms with van der Waals surface area (Å²) in [5.41, 5.74) is 0.817. The van der Waals surface area contributed by atoms with Crippen LogP contribution in [-0.4, -0.2) is 24.0 Å². The molecule has 78 valence electrons. The van der Waals surface area contributed by atoms with E-state index < -0.39 is 0 Å². The summed E-state index contributed by atoms with van der Waals surface area (Å²) in [6, 6.07) is 0.185. The molecule has 1 heterocycles. The van der Waals surface area contributed by atoms with Crippen molar-refractivity contribution in [2.24, 2.45) is 0 Å². The summed E-state index contributed by atoms with van der Waals surface area (Å²) in [5.74, 6) is 0.0213. The molecule has 0 aliphatic carbocycles. The number of amides is 1. The first-order valence-electron chi connectivity index (χ1n) is 4.53. The fraction of sp³-hybridized carbons (Fsp3) is 0.556. The van der Waals surface area contributed by atoms with Gasteiger partial charge < -0.3 is 10.6 Å². The first kappa shape index (κ1) is 11.0. The molecule has 0 unspecified atom stereocenters. The Bertz CT molecular complexity index is 309. The second-order valence-corrected chi connectivity index (χ2v) is 4.15. The lowest BCUT2D eigenvalue weighted by Gasteiger charge is -2.06. The number of hydrogen-bond acceptors (Lipinski definition) is 4. The number of carbonyl (C=O) groups excluding carboxylic acids is 1. The van der Waals surface area contributed by atoms with Crippen molar-refractivity contribution >= 4 is 22.4 Å². The van der Waals surface area contributed by atoms with Gasteiger partial charge in [0, 0.05) is 18.5 Å². The average Bonchev–Trinajstić information content (AvgIpc) is 2.50. The van der Waals surface area contributed by atoms with Crippen molar-refractivity contribution in [2.45, 2.75) is 26.3 Å². The SMILES string of the molecule is CNc1nc(CC(=O)NC(C)C)cs1. The maximum absolute atomic E-state index is 11.4. The maximum atomic E-state index is 11.4. The lowest BCUT2D eigenvalue weighted by atomic mass is 10.3. The van der Waals surface area contributed by atoms with E-state index in [1.807, 2.05) is 26.3 Å². The van der Waals surface area contributed by atoms with Crippen LogP contribution in [0, 0.1) is 0 Å². The van der Waals surface area contributed by atoms with Crippen LogP contribution in [0.25, 0.3) is 0 Å². The van der Waals surface area contributed by atoms with Gasteiger partial charge in [0.05, 0.1) is 12.1 Å². The molecule has 0 bridgehead atoms. The normalized spacial score (nSPS) is 10.3. The summed E-state index contributed by atoms with van der Waals surface area (Å²) < 4.78 is 0. The van der Waals surface area contributed by atoms with E-state index >= 15 is 0 Å². The second kappa shape index (κ2) is 4.95. The zero-order chi connectivity index (χ0) is 10.6. The molecule has 0 atom stereocenters. The zero-order valence-corrected chi connectivity index (χ0v) is 9.44. The number of aromatic nitrogens is 1. The zero-order valence-electron chi connectivity index (χ0n) is 8.63. The quantitative estimate of drug-likeness (QED) is 0.791. The number of nitrogens with zero attached hydrogens (tertiary/aromatic N) is 1. The first-order valence-corrected chi connectivity index (χ1v) is 5.41. The molecule has 0 aliphatic heterocycles. The molecule has 0 aliphatic rings. The number of nitrogens with one attached hydrogen (secondary N) is 2. The summed E-state index contributed by atoms with van der Waals surface area (Å²) in [7, 11) is 1.82. The van der Waals surface area contributed by atoms with E-state index in [-0.39, 0.29) is 11.9 Å². The summed E-state index contributed by atoms with van der Waals surface area (Å²) >= 11 is 1.51. The van der Waals surface area contributed by atoms with Crippen LogP contribution in [0.4, 0.5) is 5.13 Å². The van der Waals surface area contributed by atoms with Gasteiger partial charge in [-0.1, -0.05) is 0 Å². The highest BCUT2D eigenvalue weighted by Crippen LogP contribution is 2.14. The highest BCUT2D eigenvalue weighted by atomic mass is 32.1. The van der Waals surface area contributed by atoms with Crippen molar-refractivity contribution in [3.8, 4) is 0 Å². The van der Waals surface area contributed by atoms with Gasteiger partial charge in [0.2, 0.25) is 5.91 Å². The van der Waals surface area contributed by atoms with Crippen molar-refractivity contribution in [3.63, 3.8) is 0 Å². The predicted octanol–water partition coefficient (Wildman–Crippen LogP) is 1.25. The van der Waals surface area contributed by atoms with Gasteiger partial charge in [-0.3, -0.25) is 4.79 Å². The van der Waals surface area contributed by atoms with E-state index in [0.717, 1.165) is 10.8 Å². The Hall–Kier alpha value is -1.10. The van der Waals surface area contributed by atoms with Crippen molar-refractivity contribution in [3.05, 3.63) is 11.1 Å². The smallest absolute Gasteiger partial charge is 0.226 e. The van der Waals surface area contributed by atoms with Gasteiger partial charge in [0.15, 0.2) is 5.13 Å². The van der Waals surface area contributed by atoms with Gasteiger partial charge in [-0.05, 0) is 13.8 Å². The molecule has 0 saturated heterocycles. The highest BCUT2D eigenvalue weighted by Gasteiger charge is 2.07. The maximum Gasteiger partial charge on any atom is 0.226 e. The van der Waals surface area contributed by atoms with E-state index in [4.69, 9.17) is 0 Å². The Morgan fingerprint density at radius 1 is 1.64 bits per heavy atom. The first-order chi connectivity index (χ1) is 6.61. The van der Waals surface area contributed by atoms with E-state index in [1.165, 1.54) is 11.3 Å². The van der Waals surface area contributed by atoms with Gasteiger partial charge in [0.25, 0.3) is 0 Å². The summed E-state index contributed by atoms with van der Waals surface area (Å²) in [6.07, 6.45) is 0.357. The van der Waals surface area contributed by atoms with Crippen LogP contribution in [0.2, 0.25) is 0 Å². The molecule has 0 aromatic carbocycles. The van der Waals surface area contributed by atoms with E-state index in [9.17, 15) is 4.79 Å². The van der Waals surface area contributed by atoms with Crippen molar-refractivity contribution < 1.29 is 4.79 Å². The van der Waals surface area contributed by atoms with Gasteiger partial charge in [0.1, 0.15) is 0 Å². The molecule has 5 heteroatoms. The number of carbonyl (C=O) groups is 1. The van der Waals surface area contributed by atoms with E-state index in [2.05, 4.69) is 15.6 Å². The van der Waals surface area contributed by atoms with Gasteiger partial charge >= 0.3 is 0 Å². The summed E-state index contributed by atoms with van der Waals surface area (Å²) in [6.45, 7) is 3.88. The standard InChI is InChI=1S/C9H15N3OS/c1-6(2)11-8(13)4-7-5-14-9(10-3)12-7/h5-6H,4H2,1-3H3,(H,10,12)(H,11,13).